The predicted octanol–water partition coefficient (Wildman–Crippen LogP) is 2.98. The number of aliphatic hydroxyl groups is 1. The molecular formula is C13H19ClFNO. The Hall–Kier alpha value is -0.640. The summed E-state index contributed by atoms with van der Waals surface area (Å²) in [5.41, 5.74) is 0.784. The number of rotatable bonds is 6. The van der Waals surface area contributed by atoms with Gasteiger partial charge in [-0.2, -0.15) is 0 Å². The zero-order chi connectivity index (χ0) is 12.8. The van der Waals surface area contributed by atoms with E-state index < -0.39 is 0 Å². The molecule has 0 aromatic heterocycles. The van der Waals surface area contributed by atoms with Crippen molar-refractivity contribution in [3.05, 3.63) is 34.6 Å². The number of halogens is 2. The van der Waals surface area contributed by atoms with Crippen LogP contribution in [0.1, 0.15) is 25.8 Å². The lowest BCUT2D eigenvalue weighted by Crippen LogP contribution is -2.27. The van der Waals surface area contributed by atoms with Crippen LogP contribution in [0.2, 0.25) is 5.02 Å². The van der Waals surface area contributed by atoms with Gasteiger partial charge in [0.05, 0.1) is 6.10 Å². The molecule has 1 atom stereocenters. The van der Waals surface area contributed by atoms with E-state index in [4.69, 9.17) is 11.6 Å². The summed E-state index contributed by atoms with van der Waals surface area (Å²) in [5.74, 6) is 0.132. The van der Waals surface area contributed by atoms with E-state index in [0.29, 0.717) is 24.0 Å². The van der Waals surface area contributed by atoms with Crippen molar-refractivity contribution < 1.29 is 9.50 Å². The smallest absolute Gasteiger partial charge is 0.125 e. The van der Waals surface area contributed by atoms with Crippen LogP contribution in [0.15, 0.2) is 18.2 Å². The maximum absolute atomic E-state index is 13.0. The summed E-state index contributed by atoms with van der Waals surface area (Å²) in [6, 6.07) is 4.43. The lowest BCUT2D eigenvalue weighted by molar-refractivity contribution is 0.146. The van der Waals surface area contributed by atoms with Crippen molar-refractivity contribution in [2.24, 2.45) is 5.92 Å². The largest absolute Gasteiger partial charge is 0.392 e. The van der Waals surface area contributed by atoms with Gasteiger partial charge in [-0.1, -0.05) is 25.4 Å². The lowest BCUT2D eigenvalue weighted by Gasteiger charge is -2.13. The van der Waals surface area contributed by atoms with Crippen molar-refractivity contribution >= 4 is 11.6 Å². The fraction of sp³-hybridized carbons (Fsp3) is 0.538. The molecule has 2 N–H and O–H groups in total. The molecule has 1 unspecified atom stereocenters. The number of hydrogen-bond donors (Lipinski definition) is 2. The van der Waals surface area contributed by atoms with Crippen LogP contribution < -0.4 is 5.32 Å². The highest BCUT2D eigenvalue weighted by atomic mass is 35.5. The Bertz CT molecular complexity index is 337. The van der Waals surface area contributed by atoms with Gasteiger partial charge in [-0.05, 0) is 36.1 Å². The van der Waals surface area contributed by atoms with Gasteiger partial charge in [-0.15, -0.1) is 0 Å². The molecule has 0 amide bonds. The maximum Gasteiger partial charge on any atom is 0.125 e. The van der Waals surface area contributed by atoms with Gasteiger partial charge in [0, 0.05) is 18.1 Å². The summed E-state index contributed by atoms with van der Waals surface area (Å²) < 4.78 is 13.0. The summed E-state index contributed by atoms with van der Waals surface area (Å²) in [7, 11) is 0. The average Bonchev–Trinajstić information content (AvgIpc) is 2.14. The Morgan fingerprint density at radius 2 is 2.06 bits per heavy atom. The van der Waals surface area contributed by atoms with E-state index in [1.165, 1.54) is 12.1 Å². The van der Waals surface area contributed by atoms with Crippen LogP contribution in [0, 0.1) is 11.7 Å². The Morgan fingerprint density at radius 3 is 2.65 bits per heavy atom. The molecule has 0 fully saturated rings. The Kier molecular flexibility index (Phi) is 5.89. The fourth-order valence-electron chi connectivity index (χ4n) is 1.72. The highest BCUT2D eigenvalue weighted by Gasteiger charge is 2.06. The molecule has 0 saturated heterocycles. The van der Waals surface area contributed by atoms with Crippen LogP contribution >= 0.6 is 11.6 Å². The van der Waals surface area contributed by atoms with Crippen molar-refractivity contribution in [1.29, 1.82) is 0 Å². The summed E-state index contributed by atoms with van der Waals surface area (Å²) in [6.07, 6.45) is 0.399. The normalized spacial score (nSPS) is 13.1. The second kappa shape index (κ2) is 6.94. The number of hydrogen-bond acceptors (Lipinski definition) is 2. The number of aliphatic hydroxyl groups excluding tert-OH is 1. The Balaban J connectivity index is 2.35. The summed E-state index contributed by atoms with van der Waals surface area (Å²) >= 11 is 5.74. The van der Waals surface area contributed by atoms with Crippen LogP contribution in [0.4, 0.5) is 4.39 Å². The van der Waals surface area contributed by atoms with Crippen LogP contribution in [-0.4, -0.2) is 17.8 Å². The first kappa shape index (κ1) is 14.4. The van der Waals surface area contributed by atoms with Crippen LogP contribution in [-0.2, 0) is 6.54 Å². The molecule has 0 aliphatic carbocycles. The molecule has 0 aliphatic rings. The third kappa shape index (κ3) is 6.01. The average molecular weight is 260 g/mol. The standard InChI is InChI=1S/C13H19ClFNO/c1-9(2)3-13(17)8-16-7-10-4-11(14)6-12(15)5-10/h4-6,9,13,16-17H,3,7-8H2,1-2H3. The first-order valence-electron chi connectivity index (χ1n) is 5.81. The molecule has 2 nitrogen and oxygen atoms in total. The SMILES string of the molecule is CC(C)CC(O)CNCc1cc(F)cc(Cl)c1. The minimum Gasteiger partial charge on any atom is -0.392 e. The molecule has 0 aliphatic heterocycles. The highest BCUT2D eigenvalue weighted by Crippen LogP contribution is 2.14. The van der Waals surface area contributed by atoms with Crippen LogP contribution in [0.25, 0.3) is 0 Å². The van der Waals surface area contributed by atoms with Crippen molar-refractivity contribution in [2.45, 2.75) is 32.9 Å². The lowest BCUT2D eigenvalue weighted by atomic mass is 10.1. The van der Waals surface area contributed by atoms with Gasteiger partial charge in [-0.25, -0.2) is 4.39 Å². The second-order valence-corrected chi connectivity index (χ2v) is 5.13. The summed E-state index contributed by atoms with van der Waals surface area (Å²) in [6.45, 7) is 5.14. The summed E-state index contributed by atoms with van der Waals surface area (Å²) in [4.78, 5) is 0. The minimum atomic E-state index is -0.362. The molecular weight excluding hydrogens is 241 g/mol. The summed E-state index contributed by atoms with van der Waals surface area (Å²) in [5, 5.41) is 13.1. The van der Waals surface area contributed by atoms with Gasteiger partial charge >= 0.3 is 0 Å². The van der Waals surface area contributed by atoms with Gasteiger partial charge in [0.25, 0.3) is 0 Å². The maximum atomic E-state index is 13.0. The van der Waals surface area contributed by atoms with Crippen LogP contribution in [0.5, 0.6) is 0 Å². The molecule has 0 saturated carbocycles. The molecule has 96 valence electrons. The van der Waals surface area contributed by atoms with E-state index in [-0.39, 0.29) is 11.9 Å². The van der Waals surface area contributed by atoms with Gasteiger partial charge < -0.3 is 10.4 Å². The molecule has 17 heavy (non-hydrogen) atoms. The third-order valence-electron chi connectivity index (χ3n) is 2.37. The van der Waals surface area contributed by atoms with Gasteiger partial charge in [0.15, 0.2) is 0 Å². The Labute approximate surface area is 107 Å². The van der Waals surface area contributed by atoms with Crippen molar-refractivity contribution in [1.82, 2.24) is 5.32 Å². The minimum absolute atomic E-state index is 0.336. The second-order valence-electron chi connectivity index (χ2n) is 4.69. The van der Waals surface area contributed by atoms with E-state index in [2.05, 4.69) is 19.2 Å². The van der Waals surface area contributed by atoms with E-state index in [1.807, 2.05) is 0 Å². The van der Waals surface area contributed by atoms with E-state index in [9.17, 15) is 9.50 Å². The van der Waals surface area contributed by atoms with Gasteiger partial charge in [-0.3, -0.25) is 0 Å². The number of nitrogens with one attached hydrogen (secondary N) is 1. The van der Waals surface area contributed by atoms with Crippen molar-refractivity contribution in [2.75, 3.05) is 6.54 Å². The zero-order valence-corrected chi connectivity index (χ0v) is 11.0. The third-order valence-corrected chi connectivity index (χ3v) is 2.59. The molecule has 0 bridgehead atoms. The van der Waals surface area contributed by atoms with Crippen molar-refractivity contribution in [3.63, 3.8) is 0 Å². The first-order valence-corrected chi connectivity index (χ1v) is 6.19. The van der Waals surface area contributed by atoms with E-state index in [0.717, 1.165) is 12.0 Å². The first-order chi connectivity index (χ1) is 7.97. The van der Waals surface area contributed by atoms with E-state index in [1.54, 1.807) is 6.07 Å². The van der Waals surface area contributed by atoms with E-state index >= 15 is 0 Å². The quantitative estimate of drug-likeness (QED) is 0.823. The molecule has 1 aromatic rings. The zero-order valence-electron chi connectivity index (χ0n) is 10.2. The topological polar surface area (TPSA) is 32.3 Å². The monoisotopic (exact) mass is 259 g/mol. The van der Waals surface area contributed by atoms with Crippen LogP contribution in [0.3, 0.4) is 0 Å². The molecule has 1 rings (SSSR count). The fourth-order valence-corrected chi connectivity index (χ4v) is 1.97. The molecule has 4 heteroatoms. The molecule has 0 radical (unpaired) electrons. The molecule has 0 spiro atoms. The predicted molar refractivity (Wildman–Crippen MR) is 68.6 cm³/mol. The number of benzene rings is 1. The van der Waals surface area contributed by atoms with Crippen molar-refractivity contribution in [3.8, 4) is 0 Å². The van der Waals surface area contributed by atoms with Gasteiger partial charge in [0.1, 0.15) is 5.82 Å². The molecule has 1 aromatic carbocycles. The highest BCUT2D eigenvalue weighted by molar-refractivity contribution is 6.30. The Morgan fingerprint density at radius 1 is 1.35 bits per heavy atom. The van der Waals surface area contributed by atoms with Gasteiger partial charge in [0.2, 0.25) is 0 Å². The molecule has 0 heterocycles.